The van der Waals surface area contributed by atoms with Gasteiger partial charge >= 0.3 is 0 Å². The second-order valence-corrected chi connectivity index (χ2v) is 6.44. The van der Waals surface area contributed by atoms with Gasteiger partial charge in [-0.25, -0.2) is 13.2 Å². The first-order chi connectivity index (χ1) is 12.7. The van der Waals surface area contributed by atoms with Crippen LogP contribution in [-0.2, 0) is 9.59 Å². The predicted molar refractivity (Wildman–Crippen MR) is 98.1 cm³/mol. The van der Waals surface area contributed by atoms with E-state index in [1.54, 1.807) is 12.1 Å². The lowest BCUT2D eigenvalue weighted by molar-refractivity contribution is -0.117. The standard InChI is InChI=1S/C20H21F3N2O2/c1-12(2)14-4-6-15(7-5-14)25(13(3)26)11-10-18(27)24-17-9-8-16(21)19(22)20(17)23/h4-9,12H,10-11H2,1-3H3,(H,24,27). The predicted octanol–water partition coefficient (Wildman–Crippen LogP) is 4.61. The van der Waals surface area contributed by atoms with Crippen molar-refractivity contribution < 1.29 is 22.8 Å². The number of benzene rings is 2. The number of hydrogen-bond acceptors (Lipinski definition) is 2. The summed E-state index contributed by atoms with van der Waals surface area (Å²) in [6.07, 6.45) is -0.135. The number of halogens is 3. The van der Waals surface area contributed by atoms with Gasteiger partial charge in [0.25, 0.3) is 0 Å². The molecule has 0 bridgehead atoms. The maximum atomic E-state index is 13.6. The summed E-state index contributed by atoms with van der Waals surface area (Å²) in [4.78, 5) is 25.4. The number of anilines is 2. The van der Waals surface area contributed by atoms with Crippen LogP contribution >= 0.6 is 0 Å². The largest absolute Gasteiger partial charge is 0.323 e. The van der Waals surface area contributed by atoms with E-state index in [0.29, 0.717) is 11.6 Å². The van der Waals surface area contributed by atoms with Crippen molar-refractivity contribution in [3.8, 4) is 0 Å². The molecule has 0 aliphatic rings. The van der Waals surface area contributed by atoms with Crippen molar-refractivity contribution in [2.24, 2.45) is 0 Å². The molecule has 0 aliphatic heterocycles. The monoisotopic (exact) mass is 378 g/mol. The topological polar surface area (TPSA) is 49.4 Å². The molecule has 4 nitrogen and oxygen atoms in total. The molecule has 2 aromatic rings. The summed E-state index contributed by atoms with van der Waals surface area (Å²) < 4.78 is 39.8. The first-order valence-corrected chi connectivity index (χ1v) is 8.52. The molecule has 144 valence electrons. The Balaban J connectivity index is 2.04. The van der Waals surface area contributed by atoms with E-state index in [4.69, 9.17) is 0 Å². The number of carbonyl (C=O) groups excluding carboxylic acids is 2. The molecule has 0 aromatic heterocycles. The SMILES string of the molecule is CC(=O)N(CCC(=O)Nc1ccc(F)c(F)c1F)c1ccc(C(C)C)cc1. The van der Waals surface area contributed by atoms with Crippen LogP contribution in [-0.4, -0.2) is 18.4 Å². The summed E-state index contributed by atoms with van der Waals surface area (Å²) in [5.74, 6) is -4.97. The fraction of sp³-hybridized carbons (Fsp3) is 0.300. The number of amides is 2. The smallest absolute Gasteiger partial charge is 0.226 e. The van der Waals surface area contributed by atoms with Gasteiger partial charge in [0.1, 0.15) is 0 Å². The third kappa shape index (κ3) is 5.09. The Hall–Kier alpha value is -2.83. The van der Waals surface area contributed by atoms with E-state index in [2.05, 4.69) is 19.2 Å². The second-order valence-electron chi connectivity index (χ2n) is 6.44. The van der Waals surface area contributed by atoms with E-state index < -0.39 is 29.0 Å². The number of carbonyl (C=O) groups is 2. The molecule has 0 fully saturated rings. The zero-order valence-corrected chi connectivity index (χ0v) is 15.4. The normalized spacial score (nSPS) is 10.8. The third-order valence-electron chi connectivity index (χ3n) is 4.12. The Morgan fingerprint density at radius 2 is 1.63 bits per heavy atom. The van der Waals surface area contributed by atoms with Crippen LogP contribution in [0.25, 0.3) is 0 Å². The molecule has 0 saturated heterocycles. The molecule has 2 aromatic carbocycles. The Morgan fingerprint density at radius 3 is 2.19 bits per heavy atom. The highest BCUT2D eigenvalue weighted by Crippen LogP contribution is 2.22. The van der Waals surface area contributed by atoms with E-state index in [0.717, 1.165) is 17.7 Å². The van der Waals surface area contributed by atoms with Gasteiger partial charge in [0.2, 0.25) is 11.8 Å². The molecule has 0 saturated carbocycles. The van der Waals surface area contributed by atoms with E-state index >= 15 is 0 Å². The van der Waals surface area contributed by atoms with Crippen molar-refractivity contribution >= 4 is 23.2 Å². The van der Waals surface area contributed by atoms with Crippen molar-refractivity contribution in [3.05, 3.63) is 59.4 Å². The van der Waals surface area contributed by atoms with Gasteiger partial charge in [-0.15, -0.1) is 0 Å². The van der Waals surface area contributed by atoms with Gasteiger partial charge in [-0.1, -0.05) is 26.0 Å². The van der Waals surface area contributed by atoms with Crippen LogP contribution in [0.3, 0.4) is 0 Å². The lowest BCUT2D eigenvalue weighted by atomic mass is 10.0. The van der Waals surface area contributed by atoms with Crippen LogP contribution in [0.1, 0.15) is 38.7 Å². The highest BCUT2D eigenvalue weighted by molar-refractivity contribution is 5.94. The van der Waals surface area contributed by atoms with Crippen LogP contribution < -0.4 is 10.2 Å². The van der Waals surface area contributed by atoms with Crippen molar-refractivity contribution in [2.45, 2.75) is 33.1 Å². The molecule has 1 N–H and O–H groups in total. The molecule has 0 aliphatic carbocycles. The zero-order valence-electron chi connectivity index (χ0n) is 15.4. The van der Waals surface area contributed by atoms with Gasteiger partial charge in [0.15, 0.2) is 17.5 Å². The van der Waals surface area contributed by atoms with Gasteiger partial charge in [-0.3, -0.25) is 9.59 Å². The van der Waals surface area contributed by atoms with E-state index in [1.165, 1.54) is 11.8 Å². The number of nitrogens with zero attached hydrogens (tertiary/aromatic N) is 1. The van der Waals surface area contributed by atoms with Gasteiger partial charge in [0.05, 0.1) is 5.69 Å². The van der Waals surface area contributed by atoms with E-state index in [-0.39, 0.29) is 18.9 Å². The highest BCUT2D eigenvalue weighted by atomic mass is 19.2. The quantitative estimate of drug-likeness (QED) is 0.747. The molecule has 27 heavy (non-hydrogen) atoms. The molecule has 0 spiro atoms. The van der Waals surface area contributed by atoms with Crippen molar-refractivity contribution in [3.63, 3.8) is 0 Å². The Labute approximate surface area is 156 Å². The summed E-state index contributed by atoms with van der Waals surface area (Å²) in [7, 11) is 0. The van der Waals surface area contributed by atoms with Gasteiger partial charge in [-0.2, -0.15) is 0 Å². The minimum atomic E-state index is -1.65. The maximum absolute atomic E-state index is 13.6. The minimum absolute atomic E-state index is 0.0630. The van der Waals surface area contributed by atoms with Gasteiger partial charge in [0, 0.05) is 25.6 Å². The van der Waals surface area contributed by atoms with Crippen LogP contribution in [0, 0.1) is 17.5 Å². The fourth-order valence-corrected chi connectivity index (χ4v) is 2.56. The number of nitrogens with one attached hydrogen (secondary N) is 1. The Bertz CT molecular complexity index is 836. The average Bonchev–Trinajstić information content (AvgIpc) is 2.62. The second kappa shape index (κ2) is 8.70. The molecule has 2 amide bonds. The van der Waals surface area contributed by atoms with Crippen LogP contribution in [0.5, 0.6) is 0 Å². The molecule has 0 atom stereocenters. The van der Waals surface area contributed by atoms with Crippen LogP contribution in [0.2, 0.25) is 0 Å². The lowest BCUT2D eigenvalue weighted by Crippen LogP contribution is -2.32. The summed E-state index contributed by atoms with van der Waals surface area (Å²) in [6, 6.07) is 9.08. The zero-order chi connectivity index (χ0) is 20.1. The Morgan fingerprint density at radius 1 is 1.00 bits per heavy atom. The summed E-state index contributed by atoms with van der Waals surface area (Å²) in [5.41, 5.74) is 1.31. The number of hydrogen-bond donors (Lipinski definition) is 1. The number of rotatable bonds is 6. The van der Waals surface area contributed by atoms with Crippen molar-refractivity contribution in [2.75, 3.05) is 16.8 Å². The Kier molecular flexibility index (Phi) is 6.60. The van der Waals surface area contributed by atoms with Crippen molar-refractivity contribution in [1.29, 1.82) is 0 Å². The molecule has 2 rings (SSSR count). The summed E-state index contributed by atoms with van der Waals surface area (Å²) in [6.45, 7) is 5.55. The summed E-state index contributed by atoms with van der Waals surface area (Å²) >= 11 is 0. The average molecular weight is 378 g/mol. The van der Waals surface area contributed by atoms with Crippen LogP contribution in [0.4, 0.5) is 24.5 Å². The van der Waals surface area contributed by atoms with Gasteiger partial charge in [-0.05, 0) is 35.7 Å². The van der Waals surface area contributed by atoms with Gasteiger partial charge < -0.3 is 10.2 Å². The molecule has 7 heteroatoms. The third-order valence-corrected chi connectivity index (χ3v) is 4.12. The molecule has 0 radical (unpaired) electrons. The molecule has 0 heterocycles. The van der Waals surface area contributed by atoms with Crippen LogP contribution in [0.15, 0.2) is 36.4 Å². The maximum Gasteiger partial charge on any atom is 0.226 e. The summed E-state index contributed by atoms with van der Waals surface area (Å²) in [5, 5.41) is 2.19. The minimum Gasteiger partial charge on any atom is -0.323 e. The fourth-order valence-electron chi connectivity index (χ4n) is 2.56. The van der Waals surface area contributed by atoms with E-state index in [9.17, 15) is 22.8 Å². The highest BCUT2D eigenvalue weighted by Gasteiger charge is 2.17. The molecule has 0 unspecified atom stereocenters. The van der Waals surface area contributed by atoms with Crippen molar-refractivity contribution in [1.82, 2.24) is 0 Å². The van der Waals surface area contributed by atoms with E-state index in [1.807, 2.05) is 12.1 Å². The molecular weight excluding hydrogens is 357 g/mol. The molecular formula is C20H21F3N2O2. The first-order valence-electron chi connectivity index (χ1n) is 8.52. The lowest BCUT2D eigenvalue weighted by Gasteiger charge is -2.21. The first kappa shape index (κ1) is 20.5.